The molecule has 198 valence electrons. The van der Waals surface area contributed by atoms with E-state index in [9.17, 15) is 4.79 Å². The Morgan fingerprint density at radius 3 is 1.92 bits per heavy atom. The van der Waals surface area contributed by atoms with Crippen LogP contribution in [0, 0.1) is 11.3 Å². The molecular formula is C29H41N7O. The Kier molecular flexibility index (Phi) is 8.05. The number of nitrogens with one attached hydrogen (secondary N) is 2. The van der Waals surface area contributed by atoms with Crippen LogP contribution in [0.3, 0.4) is 0 Å². The van der Waals surface area contributed by atoms with Crippen LogP contribution < -0.4 is 0 Å². The molecule has 0 saturated carbocycles. The monoisotopic (exact) mass is 503 g/mol. The third kappa shape index (κ3) is 6.67. The summed E-state index contributed by atoms with van der Waals surface area (Å²) in [6.07, 6.45) is 12.3. The molecule has 2 saturated heterocycles. The van der Waals surface area contributed by atoms with Gasteiger partial charge in [-0.1, -0.05) is 26.0 Å². The van der Waals surface area contributed by atoms with Crippen LogP contribution in [0.25, 0.3) is 0 Å². The van der Waals surface area contributed by atoms with Crippen LogP contribution in [0.15, 0.2) is 49.1 Å². The maximum atomic E-state index is 13.4. The zero-order valence-corrected chi connectivity index (χ0v) is 22.3. The number of likely N-dealkylation sites (tertiary alicyclic amines) is 2. The Morgan fingerprint density at radius 1 is 0.892 bits per heavy atom. The second-order valence-electron chi connectivity index (χ2n) is 11.4. The Hall–Kier alpha value is -2.97. The maximum Gasteiger partial charge on any atom is 0.254 e. The van der Waals surface area contributed by atoms with Gasteiger partial charge in [0, 0.05) is 43.4 Å². The maximum absolute atomic E-state index is 13.4. The molecule has 0 aliphatic carbocycles. The number of rotatable bonds is 9. The van der Waals surface area contributed by atoms with E-state index in [4.69, 9.17) is 0 Å². The summed E-state index contributed by atoms with van der Waals surface area (Å²) in [5.74, 6) is 2.24. The second-order valence-corrected chi connectivity index (χ2v) is 11.4. The first-order valence-electron chi connectivity index (χ1n) is 13.8. The molecule has 2 fully saturated rings. The molecule has 8 nitrogen and oxygen atoms in total. The number of hydrogen-bond donors (Lipinski definition) is 2. The van der Waals surface area contributed by atoms with E-state index in [1.807, 2.05) is 12.1 Å². The van der Waals surface area contributed by atoms with Gasteiger partial charge in [-0.3, -0.25) is 9.69 Å². The van der Waals surface area contributed by atoms with Gasteiger partial charge in [-0.2, -0.15) is 0 Å². The highest BCUT2D eigenvalue weighted by molar-refractivity contribution is 5.94. The normalized spacial score (nSPS) is 18.5. The molecule has 0 radical (unpaired) electrons. The lowest BCUT2D eigenvalue weighted by atomic mass is 9.71. The van der Waals surface area contributed by atoms with Crippen molar-refractivity contribution in [3.05, 3.63) is 71.8 Å². The highest BCUT2D eigenvalue weighted by Gasteiger charge is 2.37. The van der Waals surface area contributed by atoms with E-state index in [-0.39, 0.29) is 5.91 Å². The summed E-state index contributed by atoms with van der Waals surface area (Å²) in [5.41, 5.74) is 2.52. The fraction of sp³-hybridized carbons (Fsp3) is 0.552. The summed E-state index contributed by atoms with van der Waals surface area (Å²) in [6, 6.07) is 8.15. The predicted octanol–water partition coefficient (Wildman–Crippen LogP) is 4.31. The molecule has 1 aromatic carbocycles. The number of aromatic nitrogens is 4. The summed E-state index contributed by atoms with van der Waals surface area (Å²) < 4.78 is 0. The van der Waals surface area contributed by atoms with Crippen LogP contribution in [0.4, 0.5) is 0 Å². The fourth-order valence-electron chi connectivity index (χ4n) is 5.94. The summed E-state index contributed by atoms with van der Waals surface area (Å²) in [4.78, 5) is 35.2. The Balaban J connectivity index is 1.14. The van der Waals surface area contributed by atoms with Crippen molar-refractivity contribution in [2.24, 2.45) is 11.3 Å². The number of carbonyl (C=O) groups excluding carboxylic acids is 1. The lowest BCUT2D eigenvalue weighted by molar-refractivity contribution is 0.0291. The Labute approximate surface area is 220 Å². The lowest BCUT2D eigenvalue weighted by Crippen LogP contribution is -2.47. The van der Waals surface area contributed by atoms with Crippen molar-refractivity contribution < 1.29 is 4.79 Å². The Morgan fingerprint density at radius 2 is 1.43 bits per heavy atom. The topological polar surface area (TPSA) is 84.2 Å². The molecular weight excluding hydrogens is 462 g/mol. The molecule has 5 rings (SSSR count). The van der Waals surface area contributed by atoms with Gasteiger partial charge < -0.3 is 19.8 Å². The van der Waals surface area contributed by atoms with Crippen LogP contribution in [-0.4, -0.2) is 73.3 Å². The van der Waals surface area contributed by atoms with Gasteiger partial charge in [-0.25, -0.2) is 9.97 Å². The number of amides is 1. The molecule has 37 heavy (non-hydrogen) atoms. The summed E-state index contributed by atoms with van der Waals surface area (Å²) in [7, 11) is 0. The van der Waals surface area contributed by atoms with Crippen molar-refractivity contribution in [2.45, 2.75) is 59.2 Å². The second kappa shape index (κ2) is 11.6. The minimum absolute atomic E-state index is 0.0249. The van der Waals surface area contributed by atoms with E-state index in [0.717, 1.165) is 24.1 Å². The number of nitrogens with zero attached hydrogens (tertiary/aromatic N) is 5. The lowest BCUT2D eigenvalue weighted by Gasteiger charge is -2.47. The van der Waals surface area contributed by atoms with Crippen LogP contribution in [0.2, 0.25) is 0 Å². The number of benzene rings is 1. The van der Waals surface area contributed by atoms with Crippen LogP contribution >= 0.6 is 0 Å². The predicted molar refractivity (Wildman–Crippen MR) is 145 cm³/mol. The molecule has 3 aromatic rings. The summed E-state index contributed by atoms with van der Waals surface area (Å²) in [5, 5.41) is 0. The average Bonchev–Trinajstić information content (AvgIpc) is 3.61. The van der Waals surface area contributed by atoms with E-state index < -0.39 is 0 Å². The van der Waals surface area contributed by atoms with E-state index in [1.54, 1.807) is 29.7 Å². The standard InChI is InChI=1S/C29H41N7O/c1-23(2)19-34-15-7-29(8-16-34)9-17-35(18-10-29)20-24-3-5-25(6-4-24)28(37)36(21-26-30-11-12-31-26)22-27-32-13-14-33-27/h3-6,11-14,23H,7-10,15-22H2,1-2H3,(H,30,31)(H,32,33). The smallest absolute Gasteiger partial charge is 0.254 e. The number of imidazole rings is 2. The molecule has 0 bridgehead atoms. The Bertz CT molecular complexity index is 1050. The van der Waals surface area contributed by atoms with Gasteiger partial charge in [0.05, 0.1) is 13.1 Å². The first kappa shape index (κ1) is 25.7. The quantitative estimate of drug-likeness (QED) is 0.455. The van der Waals surface area contributed by atoms with Crippen LogP contribution in [0.5, 0.6) is 0 Å². The molecule has 4 heterocycles. The van der Waals surface area contributed by atoms with Gasteiger partial charge in [0.25, 0.3) is 5.91 Å². The molecule has 2 aromatic heterocycles. The van der Waals surface area contributed by atoms with E-state index >= 15 is 0 Å². The molecule has 2 aliphatic rings. The average molecular weight is 504 g/mol. The molecule has 8 heteroatoms. The first-order chi connectivity index (χ1) is 18.0. The highest BCUT2D eigenvalue weighted by atomic mass is 16.2. The van der Waals surface area contributed by atoms with Crippen molar-refractivity contribution in [1.29, 1.82) is 0 Å². The SMILES string of the molecule is CC(C)CN1CCC2(CCN(Cc3ccc(C(=O)N(Cc4ncc[nH]4)Cc4ncc[nH]4)cc3)CC2)CC1. The zero-order chi connectivity index (χ0) is 25.7. The van der Waals surface area contributed by atoms with Crippen molar-refractivity contribution in [3.63, 3.8) is 0 Å². The van der Waals surface area contributed by atoms with Crippen molar-refractivity contribution >= 4 is 5.91 Å². The van der Waals surface area contributed by atoms with Crippen molar-refractivity contribution in [3.8, 4) is 0 Å². The van der Waals surface area contributed by atoms with Gasteiger partial charge in [0.15, 0.2) is 0 Å². The van der Waals surface area contributed by atoms with E-state index in [0.29, 0.717) is 24.1 Å². The van der Waals surface area contributed by atoms with Gasteiger partial charge >= 0.3 is 0 Å². The number of hydrogen-bond acceptors (Lipinski definition) is 5. The minimum atomic E-state index is -0.0249. The number of aromatic amines is 2. The largest absolute Gasteiger partial charge is 0.347 e. The fourth-order valence-corrected chi connectivity index (χ4v) is 5.94. The van der Waals surface area contributed by atoms with Crippen molar-refractivity contribution in [2.75, 3.05) is 32.7 Å². The van der Waals surface area contributed by atoms with E-state index in [2.05, 4.69) is 55.7 Å². The first-order valence-corrected chi connectivity index (χ1v) is 13.8. The van der Waals surface area contributed by atoms with E-state index in [1.165, 1.54) is 64.0 Å². The van der Waals surface area contributed by atoms with Gasteiger partial charge in [0.1, 0.15) is 11.6 Å². The number of carbonyl (C=O) groups is 1. The van der Waals surface area contributed by atoms with Crippen molar-refractivity contribution in [1.82, 2.24) is 34.6 Å². The van der Waals surface area contributed by atoms with Gasteiger partial charge in [-0.05, 0) is 80.9 Å². The summed E-state index contributed by atoms with van der Waals surface area (Å²) >= 11 is 0. The molecule has 2 N–H and O–H groups in total. The van der Waals surface area contributed by atoms with Gasteiger partial charge in [-0.15, -0.1) is 0 Å². The third-order valence-electron chi connectivity index (χ3n) is 8.14. The zero-order valence-electron chi connectivity index (χ0n) is 22.3. The molecule has 1 spiro atoms. The molecule has 0 unspecified atom stereocenters. The van der Waals surface area contributed by atoms with Gasteiger partial charge in [0.2, 0.25) is 0 Å². The number of H-pyrrole nitrogens is 2. The van der Waals surface area contributed by atoms with Crippen LogP contribution in [-0.2, 0) is 19.6 Å². The minimum Gasteiger partial charge on any atom is -0.347 e. The molecule has 0 atom stereocenters. The molecule has 1 amide bonds. The third-order valence-corrected chi connectivity index (χ3v) is 8.14. The van der Waals surface area contributed by atoms with Crippen LogP contribution in [0.1, 0.15) is 67.1 Å². The number of piperidine rings is 2. The molecule has 2 aliphatic heterocycles. The highest BCUT2D eigenvalue weighted by Crippen LogP contribution is 2.41. The summed E-state index contributed by atoms with van der Waals surface area (Å²) in [6.45, 7) is 12.5.